The quantitative estimate of drug-likeness (QED) is 0.602. The highest BCUT2D eigenvalue weighted by atomic mass is 16.2. The van der Waals surface area contributed by atoms with Crippen LogP contribution in [0.1, 0.15) is 40.0 Å². The van der Waals surface area contributed by atoms with Gasteiger partial charge in [-0.05, 0) is 24.6 Å². The number of hydrogen-bond donors (Lipinski definition) is 2. The molecule has 1 saturated heterocycles. The van der Waals surface area contributed by atoms with E-state index in [0.29, 0.717) is 12.1 Å². The molecule has 128 valence electrons. The molecule has 1 unspecified atom stereocenters. The number of rotatable bonds is 5. The molecule has 0 aromatic heterocycles. The zero-order chi connectivity index (χ0) is 18.1. The van der Waals surface area contributed by atoms with Crippen molar-refractivity contribution in [2.75, 3.05) is 5.32 Å². The van der Waals surface area contributed by atoms with Gasteiger partial charge < -0.3 is 5.32 Å². The van der Waals surface area contributed by atoms with Crippen molar-refractivity contribution >= 4 is 35.2 Å². The van der Waals surface area contributed by atoms with E-state index in [0.717, 1.165) is 4.90 Å². The third-order valence-electron chi connectivity index (χ3n) is 4.03. The van der Waals surface area contributed by atoms with Gasteiger partial charge in [0.25, 0.3) is 11.8 Å². The van der Waals surface area contributed by atoms with Crippen LogP contribution in [0.2, 0.25) is 0 Å². The average Bonchev–Trinajstić information content (AvgIpc) is 3.02. The van der Waals surface area contributed by atoms with E-state index in [1.165, 1.54) is 18.2 Å². The number of hydrogen-bond acceptors (Lipinski definition) is 5. The predicted octanol–water partition coefficient (Wildman–Crippen LogP) is 0.602. The Balaban J connectivity index is 1.83. The van der Waals surface area contributed by atoms with Crippen molar-refractivity contribution in [3.63, 3.8) is 0 Å². The topological polar surface area (TPSA) is 113 Å². The summed E-state index contributed by atoms with van der Waals surface area (Å²) in [5, 5.41) is 4.72. The standard InChI is InChI=1S/C17H15N3O5/c1-2-3-4-13(21)18-9-5-6-10-11(7-9)17(25)20(16(10)24)12-8-14(22)19-15(12)23/h2,5-7,12H,1,3-4,8H2,(H,18,21)(H,19,22,23). The van der Waals surface area contributed by atoms with Gasteiger partial charge in [0.2, 0.25) is 17.7 Å². The number of amides is 5. The Morgan fingerprint density at radius 1 is 1.24 bits per heavy atom. The molecule has 1 aromatic rings. The smallest absolute Gasteiger partial charge is 0.262 e. The van der Waals surface area contributed by atoms with Gasteiger partial charge in [0.15, 0.2) is 0 Å². The van der Waals surface area contributed by atoms with Gasteiger partial charge in [-0.3, -0.25) is 34.2 Å². The fourth-order valence-electron chi connectivity index (χ4n) is 2.83. The van der Waals surface area contributed by atoms with Gasteiger partial charge in [-0.15, -0.1) is 6.58 Å². The van der Waals surface area contributed by atoms with E-state index in [2.05, 4.69) is 17.2 Å². The van der Waals surface area contributed by atoms with E-state index in [1.54, 1.807) is 6.08 Å². The fraction of sp³-hybridized carbons (Fsp3) is 0.235. The Morgan fingerprint density at radius 2 is 1.96 bits per heavy atom. The first kappa shape index (κ1) is 16.6. The Bertz CT molecular complexity index is 830. The number of fused-ring (bicyclic) bond motifs is 1. The van der Waals surface area contributed by atoms with Crippen LogP contribution in [0.15, 0.2) is 30.9 Å². The second-order valence-electron chi connectivity index (χ2n) is 5.75. The minimum Gasteiger partial charge on any atom is -0.326 e. The van der Waals surface area contributed by atoms with Crippen LogP contribution < -0.4 is 10.6 Å². The first-order chi connectivity index (χ1) is 11.9. The number of allylic oxidation sites excluding steroid dienone is 1. The molecule has 25 heavy (non-hydrogen) atoms. The number of carbonyl (C=O) groups is 5. The molecule has 8 heteroatoms. The summed E-state index contributed by atoms with van der Waals surface area (Å²) in [5.74, 6) is -2.72. The molecule has 2 heterocycles. The number of nitrogens with one attached hydrogen (secondary N) is 2. The summed E-state index contributed by atoms with van der Waals surface area (Å²) in [6, 6.07) is 3.20. The van der Waals surface area contributed by atoms with Crippen molar-refractivity contribution in [1.82, 2.24) is 10.2 Å². The lowest BCUT2D eigenvalue weighted by Crippen LogP contribution is -2.44. The van der Waals surface area contributed by atoms with Crippen molar-refractivity contribution in [1.29, 1.82) is 0 Å². The monoisotopic (exact) mass is 341 g/mol. The van der Waals surface area contributed by atoms with E-state index in [1.807, 2.05) is 0 Å². The van der Waals surface area contributed by atoms with Crippen molar-refractivity contribution < 1.29 is 24.0 Å². The van der Waals surface area contributed by atoms with Crippen molar-refractivity contribution in [3.05, 3.63) is 42.0 Å². The van der Waals surface area contributed by atoms with Crippen LogP contribution in [0, 0.1) is 0 Å². The number of carbonyl (C=O) groups excluding carboxylic acids is 5. The summed E-state index contributed by atoms with van der Waals surface area (Å²) >= 11 is 0. The van der Waals surface area contributed by atoms with Crippen LogP contribution in [-0.2, 0) is 14.4 Å². The summed E-state index contributed by atoms with van der Waals surface area (Å²) in [5.41, 5.74) is 0.614. The predicted molar refractivity (Wildman–Crippen MR) is 86.6 cm³/mol. The highest BCUT2D eigenvalue weighted by Crippen LogP contribution is 2.29. The normalized spacial score (nSPS) is 19.0. The number of benzene rings is 1. The van der Waals surface area contributed by atoms with Gasteiger partial charge in [0.05, 0.1) is 17.5 Å². The van der Waals surface area contributed by atoms with Crippen molar-refractivity contribution in [2.24, 2.45) is 0 Å². The average molecular weight is 341 g/mol. The summed E-state index contributed by atoms with van der Waals surface area (Å²) < 4.78 is 0. The first-order valence-corrected chi connectivity index (χ1v) is 7.68. The van der Waals surface area contributed by atoms with Crippen LogP contribution in [0.3, 0.4) is 0 Å². The van der Waals surface area contributed by atoms with Gasteiger partial charge in [-0.2, -0.15) is 0 Å². The minimum atomic E-state index is -1.13. The van der Waals surface area contributed by atoms with Gasteiger partial charge in [-0.25, -0.2) is 0 Å². The summed E-state index contributed by atoms with van der Waals surface area (Å²) in [4.78, 5) is 60.7. The third-order valence-corrected chi connectivity index (χ3v) is 4.03. The van der Waals surface area contributed by atoms with Gasteiger partial charge >= 0.3 is 0 Å². The molecule has 3 rings (SSSR count). The van der Waals surface area contributed by atoms with E-state index < -0.39 is 29.7 Å². The maximum atomic E-state index is 12.5. The van der Waals surface area contributed by atoms with Crippen molar-refractivity contribution in [3.8, 4) is 0 Å². The molecule has 1 fully saturated rings. The molecule has 2 aliphatic heterocycles. The molecule has 0 radical (unpaired) electrons. The molecule has 2 N–H and O–H groups in total. The Kier molecular flexibility index (Phi) is 4.18. The molecule has 1 atom stereocenters. The molecular formula is C17H15N3O5. The van der Waals surface area contributed by atoms with Crippen LogP contribution in [0.25, 0.3) is 0 Å². The Hall–Kier alpha value is -3.29. The lowest BCUT2D eigenvalue weighted by atomic mass is 10.1. The SMILES string of the molecule is C=CCCC(=O)Nc1ccc2c(c1)C(=O)N(C1CC(=O)NC1=O)C2=O. The lowest BCUT2D eigenvalue weighted by Gasteiger charge is -2.18. The molecular weight excluding hydrogens is 326 g/mol. The maximum Gasteiger partial charge on any atom is 0.262 e. The van der Waals surface area contributed by atoms with E-state index in [9.17, 15) is 24.0 Å². The van der Waals surface area contributed by atoms with Gasteiger partial charge in [0, 0.05) is 12.1 Å². The van der Waals surface area contributed by atoms with Crippen LogP contribution in [-0.4, -0.2) is 40.5 Å². The van der Waals surface area contributed by atoms with E-state index in [4.69, 9.17) is 0 Å². The van der Waals surface area contributed by atoms with Crippen LogP contribution in [0.5, 0.6) is 0 Å². The highest BCUT2D eigenvalue weighted by Gasteiger charge is 2.46. The zero-order valence-electron chi connectivity index (χ0n) is 13.2. The largest absolute Gasteiger partial charge is 0.326 e. The maximum absolute atomic E-state index is 12.5. The van der Waals surface area contributed by atoms with Gasteiger partial charge in [0.1, 0.15) is 6.04 Å². The summed E-state index contributed by atoms with van der Waals surface area (Å²) in [7, 11) is 0. The minimum absolute atomic E-state index is 0.0960. The molecule has 5 amide bonds. The fourth-order valence-corrected chi connectivity index (χ4v) is 2.83. The van der Waals surface area contributed by atoms with Crippen LogP contribution in [0.4, 0.5) is 5.69 Å². The molecule has 0 aliphatic carbocycles. The van der Waals surface area contributed by atoms with Crippen LogP contribution >= 0.6 is 0 Å². The Morgan fingerprint density at radius 3 is 2.60 bits per heavy atom. The number of imide groups is 2. The molecule has 0 bridgehead atoms. The van der Waals surface area contributed by atoms with E-state index in [-0.39, 0.29) is 29.9 Å². The number of nitrogens with zero attached hydrogens (tertiary/aromatic N) is 1. The zero-order valence-corrected chi connectivity index (χ0v) is 13.2. The molecule has 8 nitrogen and oxygen atoms in total. The second-order valence-corrected chi connectivity index (χ2v) is 5.75. The summed E-state index contributed by atoms with van der Waals surface area (Å²) in [6.45, 7) is 3.54. The lowest BCUT2D eigenvalue weighted by molar-refractivity contribution is -0.126. The number of anilines is 1. The van der Waals surface area contributed by atoms with Gasteiger partial charge in [-0.1, -0.05) is 6.08 Å². The first-order valence-electron chi connectivity index (χ1n) is 7.68. The highest BCUT2D eigenvalue weighted by molar-refractivity contribution is 6.24. The molecule has 2 aliphatic rings. The molecule has 0 saturated carbocycles. The third kappa shape index (κ3) is 2.93. The van der Waals surface area contributed by atoms with E-state index >= 15 is 0 Å². The molecule has 1 aromatic carbocycles. The van der Waals surface area contributed by atoms with Crippen molar-refractivity contribution in [2.45, 2.75) is 25.3 Å². The second kappa shape index (κ2) is 6.31. The Labute approximate surface area is 142 Å². The summed E-state index contributed by atoms with van der Waals surface area (Å²) in [6.07, 6.45) is 2.16. The molecule has 0 spiro atoms.